The molecule has 11 heavy (non-hydrogen) atoms. The first-order valence-electron chi connectivity index (χ1n) is 3.52. The highest BCUT2D eigenvalue weighted by molar-refractivity contribution is 5.63. The van der Waals surface area contributed by atoms with Gasteiger partial charge in [0.05, 0.1) is 17.7 Å². The van der Waals surface area contributed by atoms with Gasteiger partial charge in [-0.1, -0.05) is 0 Å². The van der Waals surface area contributed by atoms with E-state index in [1.165, 1.54) is 0 Å². The Kier molecular flexibility index (Phi) is 1.24. The van der Waals surface area contributed by atoms with Gasteiger partial charge in [0.25, 0.3) is 0 Å². The van der Waals surface area contributed by atoms with E-state index in [1.807, 2.05) is 30.3 Å². The molecule has 52 valence electrons. The Hall–Kier alpha value is -1.59. The fourth-order valence-corrected chi connectivity index (χ4v) is 1.14. The lowest BCUT2D eigenvalue weighted by Gasteiger charge is -1.96. The number of benzene rings is 1. The topological polar surface area (TPSA) is 26.0 Å². The molecule has 2 N–H and O–H groups in total. The second-order valence-corrected chi connectivity index (χ2v) is 2.52. The first kappa shape index (κ1) is 6.14. The zero-order valence-electron chi connectivity index (χ0n) is 6.04. The van der Waals surface area contributed by atoms with Gasteiger partial charge >= 0.3 is 0 Å². The van der Waals surface area contributed by atoms with Gasteiger partial charge in [-0.3, -0.25) is 0 Å². The molecule has 0 unspecified atom stereocenters. The maximum Gasteiger partial charge on any atom is 0.155 e. The molecule has 0 aromatic heterocycles. The van der Waals surface area contributed by atoms with Crippen molar-refractivity contribution in [3.05, 3.63) is 53.2 Å². The summed E-state index contributed by atoms with van der Waals surface area (Å²) in [6.45, 7) is 0. The SMILES string of the molecule is NC1=Cc2ccccc2[C+]=C1. The predicted molar refractivity (Wildman–Crippen MR) is 45.5 cm³/mol. The van der Waals surface area contributed by atoms with Crippen molar-refractivity contribution < 1.29 is 0 Å². The summed E-state index contributed by atoms with van der Waals surface area (Å²) in [5.41, 5.74) is 8.62. The molecule has 1 aliphatic rings. The Morgan fingerprint density at radius 3 is 2.91 bits per heavy atom. The van der Waals surface area contributed by atoms with E-state index in [0.717, 1.165) is 16.8 Å². The van der Waals surface area contributed by atoms with Crippen molar-refractivity contribution in [3.63, 3.8) is 0 Å². The van der Waals surface area contributed by atoms with Gasteiger partial charge in [-0.2, -0.15) is 0 Å². The van der Waals surface area contributed by atoms with Crippen molar-refractivity contribution in [1.82, 2.24) is 0 Å². The van der Waals surface area contributed by atoms with Crippen molar-refractivity contribution >= 4 is 6.08 Å². The van der Waals surface area contributed by atoms with E-state index in [-0.39, 0.29) is 0 Å². The van der Waals surface area contributed by atoms with Gasteiger partial charge in [-0.15, -0.1) is 0 Å². The van der Waals surface area contributed by atoms with Crippen molar-refractivity contribution in [2.45, 2.75) is 0 Å². The molecule has 0 aliphatic heterocycles. The van der Waals surface area contributed by atoms with Crippen LogP contribution in [0.15, 0.2) is 36.0 Å². The van der Waals surface area contributed by atoms with Crippen LogP contribution in [0.1, 0.15) is 11.1 Å². The Morgan fingerprint density at radius 1 is 1.18 bits per heavy atom. The van der Waals surface area contributed by atoms with Crippen molar-refractivity contribution in [2.75, 3.05) is 0 Å². The van der Waals surface area contributed by atoms with Crippen LogP contribution in [-0.2, 0) is 0 Å². The van der Waals surface area contributed by atoms with E-state index in [2.05, 4.69) is 6.08 Å². The van der Waals surface area contributed by atoms with Gasteiger partial charge in [0, 0.05) is 12.1 Å². The van der Waals surface area contributed by atoms with Crippen LogP contribution in [0.25, 0.3) is 6.08 Å². The van der Waals surface area contributed by atoms with Crippen LogP contribution in [0.2, 0.25) is 0 Å². The second-order valence-electron chi connectivity index (χ2n) is 2.52. The van der Waals surface area contributed by atoms with Crippen LogP contribution >= 0.6 is 0 Å². The zero-order chi connectivity index (χ0) is 7.68. The van der Waals surface area contributed by atoms with E-state index >= 15 is 0 Å². The number of rotatable bonds is 0. The van der Waals surface area contributed by atoms with Crippen LogP contribution in [-0.4, -0.2) is 0 Å². The lowest BCUT2D eigenvalue weighted by Crippen LogP contribution is -1.97. The molecule has 0 fully saturated rings. The summed E-state index contributed by atoms with van der Waals surface area (Å²) in [7, 11) is 0. The third-order valence-corrected chi connectivity index (χ3v) is 1.68. The molecule has 1 nitrogen and oxygen atoms in total. The molecule has 0 amide bonds. The highest BCUT2D eigenvalue weighted by atomic mass is 14.6. The standard InChI is InChI=1S/C10H8N/c11-10-6-5-8-3-1-2-4-9(8)7-10/h1-4,6-7H,11H2/q+1. The number of hydrogen-bond donors (Lipinski definition) is 1. The predicted octanol–water partition coefficient (Wildman–Crippen LogP) is 1.71. The van der Waals surface area contributed by atoms with Crippen molar-refractivity contribution in [3.8, 4) is 0 Å². The molecule has 1 aromatic carbocycles. The van der Waals surface area contributed by atoms with Crippen LogP contribution in [0.4, 0.5) is 0 Å². The van der Waals surface area contributed by atoms with Crippen LogP contribution in [0, 0.1) is 6.08 Å². The van der Waals surface area contributed by atoms with Gasteiger partial charge in [0.2, 0.25) is 0 Å². The smallest absolute Gasteiger partial charge is 0.155 e. The Labute approximate surface area is 65.8 Å². The lowest BCUT2D eigenvalue weighted by atomic mass is 10.0. The van der Waals surface area contributed by atoms with Crippen molar-refractivity contribution in [1.29, 1.82) is 0 Å². The summed E-state index contributed by atoms with van der Waals surface area (Å²) in [4.78, 5) is 0. The fraction of sp³-hybridized carbons (Fsp3) is 0. The summed E-state index contributed by atoms with van der Waals surface area (Å²) in [5.74, 6) is 0. The maximum atomic E-state index is 5.59. The van der Waals surface area contributed by atoms with Crippen LogP contribution in [0.5, 0.6) is 0 Å². The van der Waals surface area contributed by atoms with E-state index < -0.39 is 0 Å². The van der Waals surface area contributed by atoms with E-state index in [9.17, 15) is 0 Å². The van der Waals surface area contributed by atoms with Crippen LogP contribution < -0.4 is 5.73 Å². The number of fused-ring (bicyclic) bond motifs is 1. The lowest BCUT2D eigenvalue weighted by molar-refractivity contribution is 1.38. The number of hydrogen-bond acceptors (Lipinski definition) is 1. The highest BCUT2D eigenvalue weighted by Gasteiger charge is 2.09. The largest absolute Gasteiger partial charge is 0.360 e. The first-order valence-corrected chi connectivity index (χ1v) is 3.52. The molecule has 1 aliphatic carbocycles. The number of nitrogens with two attached hydrogens (primary N) is 1. The minimum absolute atomic E-state index is 0.767. The third kappa shape index (κ3) is 1.02. The van der Waals surface area contributed by atoms with Gasteiger partial charge in [0.1, 0.15) is 5.70 Å². The molecule has 0 atom stereocenters. The third-order valence-electron chi connectivity index (χ3n) is 1.68. The zero-order valence-corrected chi connectivity index (χ0v) is 6.04. The summed E-state index contributed by atoms with van der Waals surface area (Å²) in [5, 5.41) is 0. The Morgan fingerprint density at radius 2 is 2.00 bits per heavy atom. The second kappa shape index (κ2) is 2.22. The molecule has 1 heteroatoms. The molecule has 0 radical (unpaired) electrons. The first-order chi connectivity index (χ1) is 5.36. The van der Waals surface area contributed by atoms with Gasteiger partial charge in [-0.05, 0) is 18.2 Å². The summed E-state index contributed by atoms with van der Waals surface area (Å²) in [6.07, 6.45) is 6.84. The normalized spacial score (nSPS) is 13.3. The molecule has 0 spiro atoms. The molecule has 0 bridgehead atoms. The quantitative estimate of drug-likeness (QED) is 0.548. The van der Waals surface area contributed by atoms with E-state index in [1.54, 1.807) is 6.08 Å². The summed E-state index contributed by atoms with van der Waals surface area (Å²) in [6, 6.07) is 8.04. The molecule has 0 saturated carbocycles. The molecule has 0 saturated heterocycles. The molecule has 0 heterocycles. The van der Waals surface area contributed by atoms with E-state index in [4.69, 9.17) is 5.73 Å². The molecular formula is C10H8N+. The van der Waals surface area contributed by atoms with Gasteiger partial charge in [0.15, 0.2) is 5.56 Å². The fourth-order valence-electron chi connectivity index (χ4n) is 1.14. The molecule has 1 aromatic rings. The monoisotopic (exact) mass is 142 g/mol. The van der Waals surface area contributed by atoms with Crippen molar-refractivity contribution in [2.24, 2.45) is 5.73 Å². The summed E-state index contributed by atoms with van der Waals surface area (Å²) < 4.78 is 0. The average molecular weight is 142 g/mol. The molecular weight excluding hydrogens is 134 g/mol. The highest BCUT2D eigenvalue weighted by Crippen LogP contribution is 2.16. The average Bonchev–Trinajstić information content (AvgIpc) is 2.04. The minimum atomic E-state index is 0.767. The van der Waals surface area contributed by atoms with Gasteiger partial charge in [-0.25, -0.2) is 0 Å². The van der Waals surface area contributed by atoms with E-state index in [0.29, 0.717) is 0 Å². The minimum Gasteiger partial charge on any atom is -0.360 e. The molecule has 2 rings (SSSR count). The maximum absolute atomic E-state index is 5.59. The summed E-state index contributed by atoms with van der Waals surface area (Å²) >= 11 is 0. The van der Waals surface area contributed by atoms with Gasteiger partial charge < -0.3 is 5.73 Å². The Balaban J connectivity index is 2.61. The van der Waals surface area contributed by atoms with Crippen LogP contribution in [0.3, 0.4) is 0 Å². The number of allylic oxidation sites excluding steroid dienone is 1. The Bertz CT molecular complexity index is 334.